The zero-order valence-electron chi connectivity index (χ0n) is 17.7. The topological polar surface area (TPSA) is 86.0 Å². The molecule has 2 N–H and O–H groups in total. The zero-order valence-corrected chi connectivity index (χ0v) is 18.5. The number of benzene rings is 2. The zero-order chi connectivity index (χ0) is 22.5. The smallest absolute Gasteiger partial charge is 0.322 e. The number of halogens is 3. The minimum Gasteiger partial charge on any atom is -0.329 e. The number of para-hydroxylation sites is 1. The van der Waals surface area contributed by atoms with Crippen molar-refractivity contribution in [1.82, 2.24) is 19.8 Å². The largest absolute Gasteiger partial charge is 0.329 e. The van der Waals surface area contributed by atoms with E-state index in [4.69, 9.17) is 5.26 Å². The van der Waals surface area contributed by atoms with Crippen LogP contribution in [0, 0.1) is 23.0 Å². The van der Waals surface area contributed by atoms with E-state index in [0.29, 0.717) is 31.7 Å². The van der Waals surface area contributed by atoms with Gasteiger partial charge in [-0.05, 0) is 36.2 Å². The number of imidazole rings is 1. The minimum atomic E-state index is -0.803. The maximum absolute atomic E-state index is 13.8. The van der Waals surface area contributed by atoms with E-state index >= 15 is 0 Å². The van der Waals surface area contributed by atoms with E-state index in [0.717, 1.165) is 29.8 Å². The van der Waals surface area contributed by atoms with E-state index in [1.165, 1.54) is 11.0 Å². The summed E-state index contributed by atoms with van der Waals surface area (Å²) < 4.78 is 29.6. The van der Waals surface area contributed by atoms with Crippen LogP contribution in [0.25, 0.3) is 0 Å². The van der Waals surface area contributed by atoms with Crippen LogP contribution in [0.3, 0.4) is 0 Å². The fourth-order valence-electron chi connectivity index (χ4n) is 3.68. The van der Waals surface area contributed by atoms with Crippen LogP contribution >= 0.6 is 12.4 Å². The van der Waals surface area contributed by atoms with Crippen molar-refractivity contribution < 1.29 is 13.6 Å². The SMILES string of the molecule is Cl.N#Cc1ccc(Cn2cncc2CN[C@H]2CCN(C(=O)Nc3c(F)cccc3F)C2)cc1. The predicted molar refractivity (Wildman–Crippen MR) is 122 cm³/mol. The molecule has 1 aromatic heterocycles. The van der Waals surface area contributed by atoms with Crippen LogP contribution in [0.2, 0.25) is 0 Å². The summed E-state index contributed by atoms with van der Waals surface area (Å²) >= 11 is 0. The monoisotopic (exact) mass is 472 g/mol. The Morgan fingerprint density at radius 3 is 2.61 bits per heavy atom. The third kappa shape index (κ3) is 5.86. The summed E-state index contributed by atoms with van der Waals surface area (Å²) in [6.45, 7) is 2.13. The van der Waals surface area contributed by atoms with Crippen molar-refractivity contribution in [3.05, 3.63) is 83.4 Å². The summed E-state index contributed by atoms with van der Waals surface area (Å²) in [7, 11) is 0. The van der Waals surface area contributed by atoms with Crippen LogP contribution in [0.4, 0.5) is 19.3 Å². The summed E-state index contributed by atoms with van der Waals surface area (Å²) in [5.74, 6) is -1.61. The van der Waals surface area contributed by atoms with Crippen LogP contribution in [0.15, 0.2) is 55.0 Å². The highest BCUT2D eigenvalue weighted by molar-refractivity contribution is 5.89. The van der Waals surface area contributed by atoms with Gasteiger partial charge in [0.1, 0.15) is 17.3 Å². The van der Waals surface area contributed by atoms with Gasteiger partial charge in [0.15, 0.2) is 0 Å². The average molecular weight is 473 g/mol. The number of nitrogens with one attached hydrogen (secondary N) is 2. The summed E-state index contributed by atoms with van der Waals surface area (Å²) in [6.07, 6.45) is 4.28. The fraction of sp³-hybridized carbons (Fsp3) is 0.261. The number of anilines is 1. The summed E-state index contributed by atoms with van der Waals surface area (Å²) in [5, 5.41) is 14.7. The third-order valence-electron chi connectivity index (χ3n) is 5.48. The van der Waals surface area contributed by atoms with Gasteiger partial charge in [0.05, 0.1) is 23.7 Å². The first kappa shape index (κ1) is 24.2. The molecule has 0 saturated carbocycles. The Hall–Kier alpha value is -3.48. The highest BCUT2D eigenvalue weighted by atomic mass is 35.5. The maximum atomic E-state index is 13.8. The fourth-order valence-corrected chi connectivity index (χ4v) is 3.68. The van der Waals surface area contributed by atoms with Gasteiger partial charge in [0, 0.05) is 38.4 Å². The number of carbonyl (C=O) groups excluding carboxylic acids is 1. The molecule has 1 aliphatic heterocycles. The van der Waals surface area contributed by atoms with E-state index < -0.39 is 23.4 Å². The van der Waals surface area contributed by atoms with Gasteiger partial charge in [-0.15, -0.1) is 12.4 Å². The number of rotatable bonds is 6. The standard InChI is InChI=1S/C23H22F2N6O.ClH/c24-20-2-1-3-21(25)22(20)29-23(32)30-9-8-18(14-30)28-12-19-11-27-15-31(19)13-17-6-4-16(10-26)5-7-17;/h1-7,11,15,18,28H,8-9,12-14H2,(H,29,32);1H/t18-;/m0./s1. The molecule has 172 valence electrons. The number of nitrogens with zero attached hydrogens (tertiary/aromatic N) is 4. The third-order valence-corrected chi connectivity index (χ3v) is 5.48. The number of nitriles is 1. The lowest BCUT2D eigenvalue weighted by molar-refractivity contribution is 0.221. The second-order valence-electron chi connectivity index (χ2n) is 7.66. The van der Waals surface area contributed by atoms with E-state index in [1.54, 1.807) is 24.7 Å². The molecule has 2 amide bonds. The van der Waals surface area contributed by atoms with Gasteiger partial charge in [-0.1, -0.05) is 18.2 Å². The highest BCUT2D eigenvalue weighted by Crippen LogP contribution is 2.20. The summed E-state index contributed by atoms with van der Waals surface area (Å²) in [5.41, 5.74) is 2.24. The van der Waals surface area contributed by atoms with Crippen molar-refractivity contribution in [2.75, 3.05) is 18.4 Å². The van der Waals surface area contributed by atoms with E-state index in [9.17, 15) is 13.6 Å². The molecule has 1 aliphatic rings. The number of hydrogen-bond donors (Lipinski definition) is 2. The van der Waals surface area contributed by atoms with E-state index in [-0.39, 0.29) is 18.4 Å². The number of likely N-dealkylation sites (tertiary alicyclic amines) is 1. The Labute approximate surface area is 196 Å². The number of hydrogen-bond acceptors (Lipinski definition) is 4. The number of urea groups is 1. The lowest BCUT2D eigenvalue weighted by Gasteiger charge is -2.18. The second-order valence-corrected chi connectivity index (χ2v) is 7.66. The Morgan fingerprint density at radius 1 is 1.18 bits per heavy atom. The highest BCUT2D eigenvalue weighted by Gasteiger charge is 2.27. The van der Waals surface area contributed by atoms with Crippen molar-refractivity contribution in [3.8, 4) is 6.07 Å². The van der Waals surface area contributed by atoms with Crippen molar-refractivity contribution in [3.63, 3.8) is 0 Å². The van der Waals surface area contributed by atoms with Gasteiger partial charge in [-0.25, -0.2) is 18.6 Å². The molecule has 1 fully saturated rings. The molecule has 33 heavy (non-hydrogen) atoms. The lowest BCUT2D eigenvalue weighted by Crippen LogP contribution is -2.37. The van der Waals surface area contributed by atoms with Gasteiger partial charge in [0.25, 0.3) is 0 Å². The first-order chi connectivity index (χ1) is 15.5. The second kappa shape index (κ2) is 10.9. The van der Waals surface area contributed by atoms with Gasteiger partial charge in [-0.3, -0.25) is 0 Å². The molecule has 2 heterocycles. The van der Waals surface area contributed by atoms with E-state index in [1.807, 2.05) is 16.7 Å². The molecule has 3 aromatic rings. The van der Waals surface area contributed by atoms with Crippen LogP contribution in [0.1, 0.15) is 23.2 Å². The maximum Gasteiger partial charge on any atom is 0.322 e. The Balaban J connectivity index is 0.00000306. The molecule has 0 bridgehead atoms. The summed E-state index contributed by atoms with van der Waals surface area (Å²) in [6, 6.07) is 12.5. The molecule has 0 spiro atoms. The number of aromatic nitrogens is 2. The van der Waals surface area contributed by atoms with Crippen LogP contribution in [-0.4, -0.2) is 39.6 Å². The summed E-state index contributed by atoms with van der Waals surface area (Å²) in [4.78, 5) is 18.2. The molecule has 0 unspecified atom stereocenters. The van der Waals surface area contributed by atoms with Crippen molar-refractivity contribution in [2.45, 2.75) is 25.6 Å². The molecule has 0 aliphatic carbocycles. The van der Waals surface area contributed by atoms with Gasteiger partial charge >= 0.3 is 6.03 Å². The Kier molecular flexibility index (Phi) is 7.98. The molecule has 7 nitrogen and oxygen atoms in total. The molecule has 1 saturated heterocycles. The van der Waals surface area contributed by atoms with Crippen molar-refractivity contribution in [1.29, 1.82) is 5.26 Å². The van der Waals surface area contributed by atoms with Crippen LogP contribution in [0.5, 0.6) is 0 Å². The van der Waals surface area contributed by atoms with Crippen molar-refractivity contribution in [2.24, 2.45) is 0 Å². The molecule has 0 radical (unpaired) electrons. The molecule has 1 atom stereocenters. The Bertz CT molecular complexity index is 1120. The van der Waals surface area contributed by atoms with Crippen molar-refractivity contribution >= 4 is 24.1 Å². The van der Waals surface area contributed by atoms with E-state index in [2.05, 4.69) is 21.7 Å². The van der Waals surface area contributed by atoms with Crippen LogP contribution in [-0.2, 0) is 13.1 Å². The molecule has 10 heteroatoms. The normalized spacial score (nSPS) is 15.1. The minimum absolute atomic E-state index is 0. The Morgan fingerprint density at radius 2 is 1.91 bits per heavy atom. The molecular formula is C23H23ClF2N6O. The number of amides is 2. The average Bonchev–Trinajstić information content (AvgIpc) is 3.45. The van der Waals surface area contributed by atoms with Gasteiger partial charge in [-0.2, -0.15) is 5.26 Å². The van der Waals surface area contributed by atoms with Gasteiger partial charge in [0.2, 0.25) is 0 Å². The van der Waals surface area contributed by atoms with Crippen LogP contribution < -0.4 is 10.6 Å². The first-order valence-corrected chi connectivity index (χ1v) is 10.2. The lowest BCUT2D eigenvalue weighted by atomic mass is 10.1. The van der Waals surface area contributed by atoms with Gasteiger partial charge < -0.3 is 20.1 Å². The number of carbonyl (C=O) groups is 1. The molecule has 2 aromatic carbocycles. The quantitative estimate of drug-likeness (QED) is 0.569. The molecular weight excluding hydrogens is 450 g/mol. The first-order valence-electron chi connectivity index (χ1n) is 10.2. The predicted octanol–water partition coefficient (Wildman–Crippen LogP) is 3.90. The molecule has 4 rings (SSSR count).